The Hall–Kier alpha value is -0.120. The van der Waals surface area contributed by atoms with E-state index in [1.807, 2.05) is 0 Å². The van der Waals surface area contributed by atoms with Gasteiger partial charge in [-0.15, -0.1) is 0 Å². The van der Waals surface area contributed by atoms with Gasteiger partial charge in [-0.05, 0) is 32.2 Å². The topological polar surface area (TPSA) is 38.5 Å². The Bertz CT molecular complexity index is 187. The molecule has 0 aliphatic heterocycles. The van der Waals surface area contributed by atoms with Gasteiger partial charge in [0.1, 0.15) is 0 Å². The van der Waals surface area contributed by atoms with Crippen molar-refractivity contribution in [1.82, 2.24) is 4.90 Å². The van der Waals surface area contributed by atoms with Gasteiger partial charge >= 0.3 is 0 Å². The molecule has 1 aliphatic rings. The summed E-state index contributed by atoms with van der Waals surface area (Å²) in [6.07, 6.45) is 6.58. The second-order valence-electron chi connectivity index (χ2n) is 5.15. The molecule has 0 heterocycles. The lowest BCUT2D eigenvalue weighted by atomic mass is 9.95. The van der Waals surface area contributed by atoms with Gasteiger partial charge in [-0.3, -0.25) is 0 Å². The fourth-order valence-corrected chi connectivity index (χ4v) is 2.69. The zero-order valence-electron chi connectivity index (χ0n) is 11.7. The van der Waals surface area contributed by atoms with E-state index in [1.165, 1.54) is 32.1 Å². The van der Waals surface area contributed by atoms with Crippen LogP contribution in [0.15, 0.2) is 0 Å². The minimum absolute atomic E-state index is 0.415. The number of hydrogen-bond donors (Lipinski definition) is 1. The lowest BCUT2D eigenvalue weighted by Crippen LogP contribution is -2.40. The summed E-state index contributed by atoms with van der Waals surface area (Å²) in [5.41, 5.74) is 6.28. The largest absolute Gasteiger partial charge is 0.380 e. The summed E-state index contributed by atoms with van der Waals surface area (Å²) in [6.45, 7) is 9.27. The molecule has 102 valence electrons. The van der Waals surface area contributed by atoms with Gasteiger partial charge in [0.25, 0.3) is 0 Å². The molecule has 2 unspecified atom stereocenters. The summed E-state index contributed by atoms with van der Waals surface area (Å²) in [4.78, 5) is 2.49. The van der Waals surface area contributed by atoms with Crippen molar-refractivity contribution in [2.45, 2.75) is 52.0 Å². The van der Waals surface area contributed by atoms with Gasteiger partial charge in [0.05, 0.1) is 6.61 Å². The molecular weight excluding hydrogens is 212 g/mol. The first-order chi connectivity index (χ1) is 8.27. The first-order valence-electron chi connectivity index (χ1n) is 7.33. The summed E-state index contributed by atoms with van der Waals surface area (Å²) in [5, 5.41) is 0. The van der Waals surface area contributed by atoms with Crippen LogP contribution in [0.2, 0.25) is 0 Å². The van der Waals surface area contributed by atoms with Crippen LogP contribution in [0.25, 0.3) is 0 Å². The minimum atomic E-state index is 0.415. The molecule has 3 heteroatoms. The summed E-state index contributed by atoms with van der Waals surface area (Å²) >= 11 is 0. The summed E-state index contributed by atoms with van der Waals surface area (Å²) in [7, 11) is 0. The maximum atomic E-state index is 6.28. The van der Waals surface area contributed by atoms with Crippen molar-refractivity contribution in [3.05, 3.63) is 0 Å². The SMILES string of the molecule is CCOCCN(CC)CC1CCCCCC1N. The lowest BCUT2D eigenvalue weighted by molar-refractivity contribution is 0.105. The molecule has 1 fully saturated rings. The molecule has 0 aromatic heterocycles. The summed E-state index contributed by atoms with van der Waals surface area (Å²) in [5.74, 6) is 0.694. The van der Waals surface area contributed by atoms with Crippen LogP contribution in [0.4, 0.5) is 0 Å². The quantitative estimate of drug-likeness (QED) is 0.550. The molecule has 3 nitrogen and oxygen atoms in total. The van der Waals surface area contributed by atoms with Crippen molar-refractivity contribution in [2.75, 3.05) is 32.8 Å². The Balaban J connectivity index is 2.31. The number of ether oxygens (including phenoxy) is 1. The molecule has 1 rings (SSSR count). The Labute approximate surface area is 107 Å². The molecule has 17 heavy (non-hydrogen) atoms. The highest BCUT2D eigenvalue weighted by Crippen LogP contribution is 2.22. The van der Waals surface area contributed by atoms with E-state index in [4.69, 9.17) is 10.5 Å². The first-order valence-corrected chi connectivity index (χ1v) is 7.33. The van der Waals surface area contributed by atoms with Crippen LogP contribution >= 0.6 is 0 Å². The monoisotopic (exact) mass is 242 g/mol. The van der Waals surface area contributed by atoms with Gasteiger partial charge < -0.3 is 15.4 Å². The third-order valence-electron chi connectivity index (χ3n) is 3.91. The molecule has 0 spiro atoms. The Kier molecular flexibility index (Phi) is 7.82. The molecule has 0 bridgehead atoms. The van der Waals surface area contributed by atoms with Gasteiger partial charge in [0, 0.05) is 25.7 Å². The average molecular weight is 242 g/mol. The average Bonchev–Trinajstić information content (AvgIpc) is 2.53. The van der Waals surface area contributed by atoms with E-state index in [2.05, 4.69) is 18.7 Å². The van der Waals surface area contributed by atoms with E-state index >= 15 is 0 Å². The maximum Gasteiger partial charge on any atom is 0.0593 e. The van der Waals surface area contributed by atoms with Crippen LogP contribution in [0, 0.1) is 5.92 Å². The van der Waals surface area contributed by atoms with E-state index in [-0.39, 0.29) is 0 Å². The summed E-state index contributed by atoms with van der Waals surface area (Å²) < 4.78 is 5.43. The van der Waals surface area contributed by atoms with Crippen molar-refractivity contribution in [2.24, 2.45) is 11.7 Å². The number of hydrogen-bond acceptors (Lipinski definition) is 3. The number of nitrogens with zero attached hydrogens (tertiary/aromatic N) is 1. The van der Waals surface area contributed by atoms with Crippen LogP contribution in [0.1, 0.15) is 46.0 Å². The normalized spacial score (nSPS) is 26.1. The number of likely N-dealkylation sites (N-methyl/N-ethyl adjacent to an activating group) is 1. The third-order valence-corrected chi connectivity index (χ3v) is 3.91. The van der Waals surface area contributed by atoms with E-state index < -0.39 is 0 Å². The molecule has 1 saturated carbocycles. The third kappa shape index (κ3) is 5.84. The lowest BCUT2D eigenvalue weighted by Gasteiger charge is -2.29. The number of rotatable bonds is 7. The standard InChI is InChI=1S/C14H30N2O/c1-3-16(10-11-17-4-2)12-13-8-6-5-7-9-14(13)15/h13-14H,3-12,15H2,1-2H3. The zero-order chi connectivity index (χ0) is 12.5. The van der Waals surface area contributed by atoms with Gasteiger partial charge in [0.15, 0.2) is 0 Å². The van der Waals surface area contributed by atoms with E-state index in [0.29, 0.717) is 12.0 Å². The second kappa shape index (κ2) is 8.90. The fraction of sp³-hybridized carbons (Fsp3) is 1.00. The van der Waals surface area contributed by atoms with Gasteiger partial charge in [0.2, 0.25) is 0 Å². The van der Waals surface area contributed by atoms with Gasteiger partial charge in [-0.1, -0.05) is 26.2 Å². The zero-order valence-corrected chi connectivity index (χ0v) is 11.7. The second-order valence-corrected chi connectivity index (χ2v) is 5.15. The molecule has 2 atom stereocenters. The van der Waals surface area contributed by atoms with Crippen molar-refractivity contribution in [3.63, 3.8) is 0 Å². The van der Waals surface area contributed by atoms with Crippen LogP contribution in [-0.2, 0) is 4.74 Å². The van der Waals surface area contributed by atoms with E-state index in [9.17, 15) is 0 Å². The predicted octanol–water partition coefficient (Wildman–Crippen LogP) is 2.25. The summed E-state index contributed by atoms with van der Waals surface area (Å²) in [6, 6.07) is 0.415. The van der Waals surface area contributed by atoms with Crippen LogP contribution in [0.5, 0.6) is 0 Å². The van der Waals surface area contributed by atoms with Crippen molar-refractivity contribution < 1.29 is 4.74 Å². The Morgan fingerprint density at radius 3 is 2.65 bits per heavy atom. The highest BCUT2D eigenvalue weighted by Gasteiger charge is 2.22. The molecule has 0 aromatic carbocycles. The van der Waals surface area contributed by atoms with Crippen molar-refractivity contribution in [1.29, 1.82) is 0 Å². The van der Waals surface area contributed by atoms with Crippen molar-refractivity contribution >= 4 is 0 Å². The molecule has 1 aliphatic carbocycles. The first kappa shape index (κ1) is 14.9. The predicted molar refractivity (Wildman–Crippen MR) is 73.2 cm³/mol. The van der Waals surface area contributed by atoms with Crippen LogP contribution in [0.3, 0.4) is 0 Å². The molecule has 2 N–H and O–H groups in total. The van der Waals surface area contributed by atoms with Crippen LogP contribution < -0.4 is 5.73 Å². The molecule has 0 saturated heterocycles. The van der Waals surface area contributed by atoms with E-state index in [1.54, 1.807) is 0 Å². The van der Waals surface area contributed by atoms with Crippen molar-refractivity contribution in [3.8, 4) is 0 Å². The van der Waals surface area contributed by atoms with E-state index in [0.717, 1.165) is 32.8 Å². The molecule has 0 radical (unpaired) electrons. The smallest absolute Gasteiger partial charge is 0.0593 e. The fourth-order valence-electron chi connectivity index (χ4n) is 2.69. The van der Waals surface area contributed by atoms with Crippen LogP contribution in [-0.4, -0.2) is 43.8 Å². The highest BCUT2D eigenvalue weighted by atomic mass is 16.5. The minimum Gasteiger partial charge on any atom is -0.380 e. The Morgan fingerprint density at radius 2 is 1.94 bits per heavy atom. The number of nitrogens with two attached hydrogens (primary N) is 1. The van der Waals surface area contributed by atoms with Gasteiger partial charge in [-0.2, -0.15) is 0 Å². The Morgan fingerprint density at radius 1 is 1.18 bits per heavy atom. The molecule has 0 amide bonds. The molecular formula is C14H30N2O. The highest BCUT2D eigenvalue weighted by molar-refractivity contribution is 4.79. The molecule has 0 aromatic rings. The van der Waals surface area contributed by atoms with Gasteiger partial charge in [-0.25, -0.2) is 0 Å². The maximum absolute atomic E-state index is 6.28.